The third-order valence-corrected chi connectivity index (χ3v) is 9.37. The van der Waals surface area contributed by atoms with Crippen LogP contribution in [-0.2, 0) is 85.7 Å². The van der Waals surface area contributed by atoms with Crippen LogP contribution in [0.25, 0.3) is 0 Å². The monoisotopic (exact) mass is 797 g/mol. The summed E-state index contributed by atoms with van der Waals surface area (Å²) in [6, 6.07) is 7.41. The summed E-state index contributed by atoms with van der Waals surface area (Å²) >= 11 is 1.13. The molecule has 0 unspecified atom stereocenters. The number of hydrogen-bond donors (Lipinski definition) is 1. The minimum Gasteiger partial charge on any atom is -0.463 e. The number of amides is 1. The molecule has 0 aromatic heterocycles. The normalized spacial score (nSPS) is 29.5. The zero-order chi connectivity index (χ0) is 40.6. The Balaban J connectivity index is 1.87. The lowest BCUT2D eigenvalue weighted by atomic mass is 9.87. The van der Waals surface area contributed by atoms with E-state index in [1.807, 2.05) is 0 Å². The van der Waals surface area contributed by atoms with Gasteiger partial charge in [0.05, 0.1) is 12.5 Å². The van der Waals surface area contributed by atoms with Gasteiger partial charge in [0.1, 0.15) is 43.1 Å². The lowest BCUT2D eigenvalue weighted by Gasteiger charge is -2.55. The van der Waals surface area contributed by atoms with E-state index in [1.165, 1.54) is 0 Å². The smallest absolute Gasteiger partial charge is 0.367 e. The van der Waals surface area contributed by atoms with Crippen molar-refractivity contribution in [1.82, 2.24) is 5.32 Å². The first-order valence-corrected chi connectivity index (χ1v) is 17.9. The van der Waals surface area contributed by atoms with Crippen LogP contribution >= 0.6 is 11.8 Å². The maximum absolute atomic E-state index is 14.4. The van der Waals surface area contributed by atoms with Crippen LogP contribution in [0.4, 0.5) is 0 Å². The Morgan fingerprint density at radius 3 is 2.00 bits per heavy atom. The first-order chi connectivity index (χ1) is 25.9. The predicted molar refractivity (Wildman–Crippen MR) is 181 cm³/mol. The molecule has 3 aliphatic heterocycles. The van der Waals surface area contributed by atoms with E-state index in [-0.39, 0.29) is 0 Å². The minimum atomic E-state index is -2.58. The molecule has 55 heavy (non-hydrogen) atoms. The van der Waals surface area contributed by atoms with Crippen LogP contribution in [0.3, 0.4) is 0 Å². The number of thioether (sulfide) groups is 1. The highest BCUT2D eigenvalue weighted by molar-refractivity contribution is 7.99. The number of fused-ring (bicyclic) bond motifs is 1. The van der Waals surface area contributed by atoms with Crippen LogP contribution in [0.15, 0.2) is 35.2 Å². The zero-order valence-electron chi connectivity index (χ0n) is 31.0. The van der Waals surface area contributed by atoms with Crippen molar-refractivity contribution >= 4 is 59.5 Å². The number of carbonyl (C=O) groups excluding carboxylic acids is 8. The second-order valence-electron chi connectivity index (χ2n) is 12.7. The molecule has 4 rings (SSSR count). The largest absolute Gasteiger partial charge is 0.463 e. The maximum atomic E-state index is 14.4. The fraction of sp³-hybridized carbons (Fsp3) is 0.600. The van der Waals surface area contributed by atoms with E-state index in [0.29, 0.717) is 4.90 Å². The van der Waals surface area contributed by atoms with Gasteiger partial charge < -0.3 is 52.7 Å². The van der Waals surface area contributed by atoms with Crippen molar-refractivity contribution in [2.75, 3.05) is 13.2 Å². The SMILES string of the molecule is CC(=O)N[C@H]1[C@H]([C@@H](OC(C)=O)[C@@H](COC(C)=O)OC(C)=O)O[C@]2(C[C@@H]1OC(C)=O)O[C@H]1[C@@H](OC(C)=O)[C@@H](COC(C)=O)O[C@@H](Sc3ccccc3)[C@@H]1OC2=O. The highest BCUT2D eigenvalue weighted by Crippen LogP contribution is 2.46. The van der Waals surface area contributed by atoms with Gasteiger partial charge in [-0.25, -0.2) is 4.79 Å². The molecule has 1 N–H and O–H groups in total. The predicted octanol–water partition coefficient (Wildman–Crippen LogP) is 0.657. The Kier molecular flexibility index (Phi) is 14.6. The summed E-state index contributed by atoms with van der Waals surface area (Å²) in [7, 11) is 0. The quantitative estimate of drug-likeness (QED) is 0.213. The summed E-state index contributed by atoms with van der Waals surface area (Å²) in [5, 5.41) is 2.58. The topological polar surface area (TPSA) is 241 Å². The molecule has 20 heteroatoms. The number of esters is 7. The molecule has 3 heterocycles. The highest BCUT2D eigenvalue weighted by atomic mass is 32.2. The van der Waals surface area contributed by atoms with Gasteiger partial charge in [-0.1, -0.05) is 30.0 Å². The molecule has 0 bridgehead atoms. The summed E-state index contributed by atoms with van der Waals surface area (Å²) < 4.78 is 57.7. The number of hydrogen-bond acceptors (Lipinski definition) is 19. The Labute approximate surface area is 319 Å². The Morgan fingerprint density at radius 1 is 0.800 bits per heavy atom. The number of rotatable bonds is 13. The van der Waals surface area contributed by atoms with Gasteiger partial charge in [-0.3, -0.25) is 33.6 Å². The first kappa shape index (κ1) is 42.9. The van der Waals surface area contributed by atoms with E-state index in [2.05, 4.69) is 5.32 Å². The van der Waals surface area contributed by atoms with Gasteiger partial charge in [0, 0.05) is 53.4 Å². The summed E-state index contributed by atoms with van der Waals surface area (Å²) in [4.78, 5) is 101. The van der Waals surface area contributed by atoms with Crippen LogP contribution in [0.2, 0.25) is 0 Å². The van der Waals surface area contributed by atoms with Crippen LogP contribution in [0.1, 0.15) is 54.9 Å². The number of nitrogens with one attached hydrogen (secondary N) is 1. The fourth-order valence-corrected chi connectivity index (χ4v) is 7.46. The molecule has 1 amide bonds. The van der Waals surface area contributed by atoms with Gasteiger partial charge in [0.25, 0.3) is 5.79 Å². The molecular weight excluding hydrogens is 754 g/mol. The molecule has 1 aromatic carbocycles. The van der Waals surface area contributed by atoms with Crippen LogP contribution in [0, 0.1) is 0 Å². The lowest BCUT2D eigenvalue weighted by Crippen LogP contribution is -2.74. The second kappa shape index (κ2) is 18.7. The van der Waals surface area contributed by atoms with E-state index < -0.39 is 133 Å². The fourth-order valence-electron chi connectivity index (χ4n) is 6.33. The molecule has 3 saturated heterocycles. The highest BCUT2D eigenvalue weighted by Gasteiger charge is 2.66. The van der Waals surface area contributed by atoms with E-state index in [0.717, 1.165) is 60.2 Å². The van der Waals surface area contributed by atoms with Gasteiger partial charge in [-0.15, -0.1) is 0 Å². The molecule has 3 aliphatic rings. The van der Waals surface area contributed by atoms with E-state index >= 15 is 0 Å². The van der Waals surface area contributed by atoms with Crippen LogP contribution in [-0.4, -0.2) is 127 Å². The maximum Gasteiger partial charge on any atom is 0.367 e. The standard InChI is InChI=1S/C35H43NO18S/c1-16(37)36-27-24(47-19(4)40)13-35(53-30(27)28(49-21(6)42)25(48-20(5)41)14-45-17(2)38)34(44)52-32-31(54-35)29(50-22(7)43)26(15-46-18(3)39)51-33(32)55-23-11-9-8-10-12-23/h8-12,24-33H,13-15H2,1-7H3,(H,36,37)/t24-,25+,26+,27+,28-,29-,30+,31-,32+,33-,35+/m0/s1. The molecule has 302 valence electrons. The Morgan fingerprint density at radius 2 is 1.44 bits per heavy atom. The van der Waals surface area contributed by atoms with Gasteiger partial charge in [-0.05, 0) is 12.1 Å². The van der Waals surface area contributed by atoms with E-state index in [1.54, 1.807) is 30.3 Å². The van der Waals surface area contributed by atoms with Crippen molar-refractivity contribution in [1.29, 1.82) is 0 Å². The lowest BCUT2D eigenvalue weighted by molar-refractivity contribution is -0.375. The first-order valence-electron chi connectivity index (χ1n) is 17.1. The third-order valence-electron chi connectivity index (χ3n) is 8.22. The van der Waals surface area contributed by atoms with Crippen molar-refractivity contribution in [3.8, 4) is 0 Å². The van der Waals surface area contributed by atoms with Crippen molar-refractivity contribution < 1.29 is 85.7 Å². The summed E-state index contributed by atoms with van der Waals surface area (Å²) in [6.45, 7) is 6.45. The molecule has 1 aromatic rings. The van der Waals surface area contributed by atoms with Gasteiger partial charge in [0.15, 0.2) is 24.4 Å². The number of ether oxygens (including phenoxy) is 10. The number of carbonyl (C=O) groups is 8. The van der Waals surface area contributed by atoms with Crippen molar-refractivity contribution in [3.05, 3.63) is 30.3 Å². The molecule has 11 atom stereocenters. The molecule has 0 saturated carbocycles. The molecule has 0 aliphatic carbocycles. The molecule has 0 radical (unpaired) electrons. The Bertz CT molecular complexity index is 1620. The molecule has 3 fully saturated rings. The van der Waals surface area contributed by atoms with Gasteiger partial charge >= 0.3 is 41.8 Å². The molecule has 19 nitrogen and oxygen atoms in total. The van der Waals surface area contributed by atoms with Crippen molar-refractivity contribution in [2.24, 2.45) is 0 Å². The molecule has 1 spiro atoms. The summed E-state index contributed by atoms with van der Waals surface area (Å²) in [5.74, 6) is -9.47. The number of benzene rings is 1. The van der Waals surface area contributed by atoms with Crippen molar-refractivity contribution in [3.63, 3.8) is 0 Å². The van der Waals surface area contributed by atoms with Gasteiger partial charge in [-0.2, -0.15) is 0 Å². The summed E-state index contributed by atoms with van der Waals surface area (Å²) in [5.41, 5.74) is -1.05. The third kappa shape index (κ3) is 11.4. The average Bonchev–Trinajstić information content (AvgIpc) is 3.07. The minimum absolute atomic E-state index is 0.425. The van der Waals surface area contributed by atoms with E-state index in [4.69, 9.17) is 47.4 Å². The molecular formula is C35H43NO18S. The Hall–Kier alpha value is -4.79. The van der Waals surface area contributed by atoms with Crippen molar-refractivity contribution in [2.45, 2.75) is 126 Å². The van der Waals surface area contributed by atoms with Gasteiger partial charge in [0.2, 0.25) is 5.91 Å². The van der Waals surface area contributed by atoms with Crippen LogP contribution < -0.4 is 5.32 Å². The average molecular weight is 798 g/mol. The zero-order valence-corrected chi connectivity index (χ0v) is 31.9. The van der Waals surface area contributed by atoms with Crippen LogP contribution in [0.5, 0.6) is 0 Å². The van der Waals surface area contributed by atoms with E-state index in [9.17, 15) is 38.4 Å². The second-order valence-corrected chi connectivity index (χ2v) is 13.9. The summed E-state index contributed by atoms with van der Waals surface area (Å²) in [6.07, 6.45) is -12.7.